The van der Waals surface area contributed by atoms with Crippen molar-refractivity contribution in [3.8, 4) is 0 Å². The molecule has 1 fully saturated rings. The maximum Gasteiger partial charge on any atom is 0.155 e. The van der Waals surface area contributed by atoms with Crippen LogP contribution in [0.15, 0.2) is 18.3 Å². The number of pyridine rings is 1. The smallest absolute Gasteiger partial charge is 0.155 e. The molecular weight excluding hydrogens is 226 g/mol. The Labute approximate surface area is 107 Å². The van der Waals surface area contributed by atoms with Gasteiger partial charge in [-0.2, -0.15) is 5.10 Å². The molecule has 3 rings (SSSR count). The fraction of sp³-hybridized carbons (Fsp3) is 0.538. The number of likely N-dealkylation sites (N-methyl/N-ethyl adjacent to an activating group) is 1. The van der Waals surface area contributed by atoms with E-state index in [1.807, 2.05) is 10.7 Å². The molecule has 1 N–H and O–H groups in total. The molecule has 5 heteroatoms. The average Bonchev–Trinajstić information content (AvgIpc) is 2.70. The summed E-state index contributed by atoms with van der Waals surface area (Å²) in [7, 11) is 2.16. The predicted octanol–water partition coefficient (Wildman–Crippen LogP) is 0.484. The summed E-state index contributed by atoms with van der Waals surface area (Å²) >= 11 is 0. The van der Waals surface area contributed by atoms with Gasteiger partial charge in [-0.05, 0) is 31.7 Å². The summed E-state index contributed by atoms with van der Waals surface area (Å²) in [5, 5.41) is 8.04. The van der Waals surface area contributed by atoms with Crippen LogP contribution in [0.3, 0.4) is 0 Å². The molecule has 3 heterocycles. The summed E-state index contributed by atoms with van der Waals surface area (Å²) in [5.41, 5.74) is 2.16. The van der Waals surface area contributed by atoms with E-state index in [9.17, 15) is 0 Å². The van der Waals surface area contributed by atoms with Crippen molar-refractivity contribution >= 4 is 5.65 Å². The Bertz CT molecular complexity index is 547. The Hall–Kier alpha value is -1.46. The number of piperazine rings is 1. The van der Waals surface area contributed by atoms with Crippen molar-refractivity contribution in [3.05, 3.63) is 29.7 Å². The maximum atomic E-state index is 4.59. The molecule has 1 aliphatic rings. The van der Waals surface area contributed by atoms with E-state index in [0.29, 0.717) is 6.04 Å². The zero-order chi connectivity index (χ0) is 12.5. The van der Waals surface area contributed by atoms with Crippen molar-refractivity contribution in [2.24, 2.45) is 0 Å². The summed E-state index contributed by atoms with van der Waals surface area (Å²) in [6.45, 7) is 5.31. The van der Waals surface area contributed by atoms with E-state index in [1.165, 1.54) is 5.56 Å². The minimum Gasteiger partial charge on any atom is -0.311 e. The number of fused-ring (bicyclic) bond motifs is 1. The van der Waals surface area contributed by atoms with Crippen LogP contribution in [0.5, 0.6) is 0 Å². The fourth-order valence-corrected chi connectivity index (χ4v) is 2.46. The number of aryl methyl sites for hydroxylation is 1. The highest BCUT2D eigenvalue weighted by molar-refractivity contribution is 5.40. The summed E-state index contributed by atoms with van der Waals surface area (Å²) in [5.74, 6) is 0.924. The largest absolute Gasteiger partial charge is 0.311 e. The van der Waals surface area contributed by atoms with E-state index < -0.39 is 0 Å². The molecule has 1 saturated heterocycles. The predicted molar refractivity (Wildman–Crippen MR) is 70.7 cm³/mol. The highest BCUT2D eigenvalue weighted by atomic mass is 15.3. The van der Waals surface area contributed by atoms with Gasteiger partial charge in [0.05, 0.1) is 0 Å². The van der Waals surface area contributed by atoms with Crippen molar-refractivity contribution in [2.45, 2.75) is 19.4 Å². The third-order valence-electron chi connectivity index (χ3n) is 3.42. The van der Waals surface area contributed by atoms with Crippen LogP contribution < -0.4 is 5.32 Å². The number of rotatable bonds is 2. The zero-order valence-corrected chi connectivity index (χ0v) is 10.9. The molecule has 1 unspecified atom stereocenters. The van der Waals surface area contributed by atoms with Crippen LogP contribution in [0, 0.1) is 6.92 Å². The molecule has 0 bridgehead atoms. The van der Waals surface area contributed by atoms with Gasteiger partial charge in [0.25, 0.3) is 0 Å². The Morgan fingerprint density at radius 2 is 2.39 bits per heavy atom. The van der Waals surface area contributed by atoms with Gasteiger partial charge in [-0.25, -0.2) is 9.50 Å². The minimum absolute atomic E-state index is 0.460. The van der Waals surface area contributed by atoms with Crippen LogP contribution >= 0.6 is 0 Å². The highest BCUT2D eigenvalue weighted by Crippen LogP contribution is 2.07. The standard InChI is InChI=1S/C13H19N5/c1-10-3-5-18-13(7-10)15-12(16-18)8-11-9-17(2)6-4-14-11/h3,5,7,11,14H,4,6,8-9H2,1-2H3. The third-order valence-corrected chi connectivity index (χ3v) is 3.42. The normalized spacial score (nSPS) is 21.6. The molecule has 1 aliphatic heterocycles. The van der Waals surface area contributed by atoms with Gasteiger partial charge in [0.1, 0.15) is 0 Å². The van der Waals surface area contributed by atoms with E-state index in [4.69, 9.17) is 0 Å². The quantitative estimate of drug-likeness (QED) is 0.836. The van der Waals surface area contributed by atoms with Crippen LogP contribution in [-0.4, -0.2) is 52.2 Å². The summed E-state index contributed by atoms with van der Waals surface area (Å²) in [4.78, 5) is 6.93. The molecule has 5 nitrogen and oxygen atoms in total. The summed E-state index contributed by atoms with van der Waals surface area (Å²) in [6, 6.07) is 4.58. The monoisotopic (exact) mass is 245 g/mol. The van der Waals surface area contributed by atoms with Gasteiger partial charge >= 0.3 is 0 Å². The topological polar surface area (TPSA) is 45.5 Å². The molecular formula is C13H19N5. The first-order chi connectivity index (χ1) is 8.70. The van der Waals surface area contributed by atoms with Crippen LogP contribution in [0.25, 0.3) is 5.65 Å². The van der Waals surface area contributed by atoms with E-state index in [-0.39, 0.29) is 0 Å². The van der Waals surface area contributed by atoms with Crippen LogP contribution in [0.4, 0.5) is 0 Å². The van der Waals surface area contributed by atoms with Crippen molar-refractivity contribution in [1.29, 1.82) is 0 Å². The van der Waals surface area contributed by atoms with Gasteiger partial charge in [0.2, 0.25) is 0 Å². The Morgan fingerprint density at radius 3 is 3.22 bits per heavy atom. The number of hydrogen-bond donors (Lipinski definition) is 1. The Balaban J connectivity index is 1.78. The average molecular weight is 245 g/mol. The van der Waals surface area contributed by atoms with Gasteiger partial charge in [0, 0.05) is 38.3 Å². The second kappa shape index (κ2) is 4.66. The van der Waals surface area contributed by atoms with E-state index in [1.54, 1.807) is 0 Å². The Kier molecular flexibility index (Phi) is 3.01. The first kappa shape index (κ1) is 11.6. The lowest BCUT2D eigenvalue weighted by atomic mass is 10.1. The maximum absolute atomic E-state index is 4.59. The zero-order valence-electron chi connectivity index (χ0n) is 10.9. The van der Waals surface area contributed by atoms with Gasteiger partial charge < -0.3 is 10.2 Å². The SMILES string of the molecule is Cc1ccn2nc(CC3CN(C)CCN3)nc2c1. The van der Waals surface area contributed by atoms with E-state index in [2.05, 4.69) is 46.4 Å². The van der Waals surface area contributed by atoms with Gasteiger partial charge in [-0.3, -0.25) is 0 Å². The van der Waals surface area contributed by atoms with Crippen molar-refractivity contribution in [1.82, 2.24) is 24.8 Å². The molecule has 0 amide bonds. The molecule has 0 spiro atoms. The second-order valence-corrected chi connectivity index (χ2v) is 5.15. The van der Waals surface area contributed by atoms with Gasteiger partial charge in [-0.1, -0.05) is 0 Å². The molecule has 0 aromatic carbocycles. The van der Waals surface area contributed by atoms with E-state index >= 15 is 0 Å². The van der Waals surface area contributed by atoms with Gasteiger partial charge in [0.15, 0.2) is 11.5 Å². The lowest BCUT2D eigenvalue weighted by molar-refractivity contribution is 0.236. The molecule has 96 valence electrons. The molecule has 0 aliphatic carbocycles. The van der Waals surface area contributed by atoms with Gasteiger partial charge in [-0.15, -0.1) is 0 Å². The number of aromatic nitrogens is 3. The van der Waals surface area contributed by atoms with Crippen LogP contribution in [-0.2, 0) is 6.42 Å². The second-order valence-electron chi connectivity index (χ2n) is 5.15. The Morgan fingerprint density at radius 1 is 1.50 bits per heavy atom. The first-order valence-corrected chi connectivity index (χ1v) is 6.44. The lowest BCUT2D eigenvalue weighted by Crippen LogP contribution is -2.50. The van der Waals surface area contributed by atoms with Crippen molar-refractivity contribution < 1.29 is 0 Å². The van der Waals surface area contributed by atoms with Crippen LogP contribution in [0.1, 0.15) is 11.4 Å². The molecule has 2 aromatic rings. The first-order valence-electron chi connectivity index (χ1n) is 6.44. The van der Waals surface area contributed by atoms with Crippen LogP contribution in [0.2, 0.25) is 0 Å². The molecule has 2 aromatic heterocycles. The lowest BCUT2D eigenvalue weighted by Gasteiger charge is -2.30. The number of nitrogens with zero attached hydrogens (tertiary/aromatic N) is 4. The molecule has 1 atom stereocenters. The highest BCUT2D eigenvalue weighted by Gasteiger charge is 2.18. The third kappa shape index (κ3) is 2.37. The van der Waals surface area contributed by atoms with E-state index in [0.717, 1.165) is 37.5 Å². The summed E-state index contributed by atoms with van der Waals surface area (Å²) in [6.07, 6.45) is 2.87. The minimum atomic E-state index is 0.460. The molecule has 0 saturated carbocycles. The van der Waals surface area contributed by atoms with Crippen molar-refractivity contribution in [3.63, 3.8) is 0 Å². The summed E-state index contributed by atoms with van der Waals surface area (Å²) < 4.78 is 1.86. The fourth-order valence-electron chi connectivity index (χ4n) is 2.46. The number of hydrogen-bond acceptors (Lipinski definition) is 4. The van der Waals surface area contributed by atoms with Crippen molar-refractivity contribution in [2.75, 3.05) is 26.7 Å². The molecule has 0 radical (unpaired) electrons. The molecule has 18 heavy (non-hydrogen) atoms. The number of nitrogens with one attached hydrogen (secondary N) is 1.